The Bertz CT molecular complexity index is 474. The van der Waals surface area contributed by atoms with E-state index in [0.29, 0.717) is 17.4 Å². The maximum Gasteiger partial charge on any atom is 0.138 e. The number of rotatable bonds is 3. The molecule has 2 aromatic rings. The lowest BCUT2D eigenvalue weighted by molar-refractivity contribution is 0.301. The predicted octanol–water partition coefficient (Wildman–Crippen LogP) is 3.02. The Hall–Kier alpha value is -1.61. The minimum absolute atomic E-state index is 0.394. The Morgan fingerprint density at radius 3 is 2.88 bits per heavy atom. The molecule has 0 amide bonds. The van der Waals surface area contributed by atoms with Gasteiger partial charge in [0.2, 0.25) is 0 Å². The monoisotopic (exact) mass is 234 g/mol. The number of aromatic nitrogens is 2. The fraction of sp³-hybridized carbons (Fsp3) is 0.167. The van der Waals surface area contributed by atoms with E-state index in [0.717, 1.165) is 11.3 Å². The van der Waals surface area contributed by atoms with E-state index in [2.05, 4.69) is 9.97 Å². The third-order valence-corrected chi connectivity index (χ3v) is 2.40. The predicted molar refractivity (Wildman–Crippen MR) is 62.6 cm³/mol. The highest BCUT2D eigenvalue weighted by Crippen LogP contribution is 2.25. The van der Waals surface area contributed by atoms with Gasteiger partial charge in [-0.1, -0.05) is 17.7 Å². The maximum absolute atomic E-state index is 6.04. The van der Waals surface area contributed by atoms with Gasteiger partial charge in [-0.25, -0.2) is 9.97 Å². The zero-order valence-corrected chi connectivity index (χ0v) is 9.61. The molecule has 4 heteroatoms. The minimum Gasteiger partial charge on any atom is -0.486 e. The first kappa shape index (κ1) is 10.9. The van der Waals surface area contributed by atoms with Crippen LogP contribution in [0.5, 0.6) is 5.75 Å². The molecule has 0 N–H and O–H groups in total. The van der Waals surface area contributed by atoms with Crippen molar-refractivity contribution in [3.8, 4) is 5.75 Å². The number of hydrogen-bond acceptors (Lipinski definition) is 3. The van der Waals surface area contributed by atoms with Crippen molar-refractivity contribution in [3.05, 3.63) is 53.1 Å². The quantitative estimate of drug-likeness (QED) is 0.819. The first-order valence-electron chi connectivity index (χ1n) is 4.89. The van der Waals surface area contributed by atoms with Gasteiger partial charge in [-0.05, 0) is 30.7 Å². The minimum atomic E-state index is 0.394. The highest BCUT2D eigenvalue weighted by molar-refractivity contribution is 6.32. The second-order valence-corrected chi connectivity index (χ2v) is 3.83. The van der Waals surface area contributed by atoms with Gasteiger partial charge in [0.05, 0.1) is 10.7 Å². The molecule has 0 unspecified atom stereocenters. The summed E-state index contributed by atoms with van der Waals surface area (Å²) in [5, 5.41) is 0.619. The van der Waals surface area contributed by atoms with Gasteiger partial charge in [-0.2, -0.15) is 0 Å². The fourth-order valence-electron chi connectivity index (χ4n) is 1.28. The number of hydrogen-bond donors (Lipinski definition) is 0. The van der Waals surface area contributed by atoms with Crippen molar-refractivity contribution >= 4 is 11.6 Å². The maximum atomic E-state index is 6.04. The Kier molecular flexibility index (Phi) is 3.37. The zero-order chi connectivity index (χ0) is 11.4. The number of halogens is 1. The molecule has 82 valence electrons. The van der Waals surface area contributed by atoms with Crippen molar-refractivity contribution in [3.63, 3.8) is 0 Å². The van der Waals surface area contributed by atoms with Crippen molar-refractivity contribution in [1.82, 2.24) is 9.97 Å². The number of ether oxygens (including phenoxy) is 1. The lowest BCUT2D eigenvalue weighted by atomic mass is 10.2. The number of aryl methyl sites for hydroxylation is 1. The summed E-state index contributed by atoms with van der Waals surface area (Å²) in [6.45, 7) is 2.38. The molecule has 0 saturated heterocycles. The van der Waals surface area contributed by atoms with Gasteiger partial charge in [0.1, 0.15) is 18.7 Å². The standard InChI is InChI=1S/C12H11ClN2O/c1-9-2-3-12(11(13)6-9)16-7-10-4-5-14-8-15-10/h2-6,8H,7H2,1H3. The second kappa shape index (κ2) is 4.94. The van der Waals surface area contributed by atoms with Gasteiger partial charge in [-0.15, -0.1) is 0 Å². The van der Waals surface area contributed by atoms with E-state index >= 15 is 0 Å². The van der Waals surface area contributed by atoms with E-state index in [9.17, 15) is 0 Å². The van der Waals surface area contributed by atoms with Crippen molar-refractivity contribution in [2.75, 3.05) is 0 Å². The van der Waals surface area contributed by atoms with E-state index in [1.165, 1.54) is 6.33 Å². The molecule has 0 atom stereocenters. The van der Waals surface area contributed by atoms with Crippen LogP contribution >= 0.6 is 11.6 Å². The second-order valence-electron chi connectivity index (χ2n) is 3.42. The summed E-state index contributed by atoms with van der Waals surface area (Å²) in [6, 6.07) is 7.50. The lowest BCUT2D eigenvalue weighted by Gasteiger charge is -2.07. The van der Waals surface area contributed by atoms with Gasteiger partial charge in [0, 0.05) is 6.20 Å². The molecule has 1 aromatic carbocycles. The molecule has 2 rings (SSSR count). The Balaban J connectivity index is 2.05. The summed E-state index contributed by atoms with van der Waals surface area (Å²) >= 11 is 6.04. The summed E-state index contributed by atoms with van der Waals surface area (Å²) in [7, 11) is 0. The summed E-state index contributed by atoms with van der Waals surface area (Å²) in [5.74, 6) is 0.672. The molecule has 0 aliphatic carbocycles. The van der Waals surface area contributed by atoms with Crippen LogP contribution in [-0.2, 0) is 6.61 Å². The first-order chi connectivity index (χ1) is 7.75. The Labute approximate surface area is 99.1 Å². The Morgan fingerprint density at radius 1 is 1.31 bits per heavy atom. The van der Waals surface area contributed by atoms with Gasteiger partial charge in [0.25, 0.3) is 0 Å². The van der Waals surface area contributed by atoms with Crippen LogP contribution in [0.15, 0.2) is 36.8 Å². The van der Waals surface area contributed by atoms with E-state index < -0.39 is 0 Å². The number of nitrogens with zero attached hydrogens (tertiary/aromatic N) is 2. The highest BCUT2D eigenvalue weighted by atomic mass is 35.5. The van der Waals surface area contributed by atoms with E-state index in [-0.39, 0.29) is 0 Å². The average Bonchev–Trinajstić information content (AvgIpc) is 2.29. The lowest BCUT2D eigenvalue weighted by Crippen LogP contribution is -1.98. The molecule has 0 fully saturated rings. The molecule has 0 aliphatic heterocycles. The first-order valence-corrected chi connectivity index (χ1v) is 5.27. The van der Waals surface area contributed by atoms with E-state index in [1.807, 2.05) is 31.2 Å². The van der Waals surface area contributed by atoms with Crippen LogP contribution in [0.4, 0.5) is 0 Å². The summed E-state index contributed by atoms with van der Waals surface area (Å²) in [4.78, 5) is 7.90. The van der Waals surface area contributed by atoms with Gasteiger partial charge in [0.15, 0.2) is 0 Å². The van der Waals surface area contributed by atoms with Gasteiger partial charge in [-0.3, -0.25) is 0 Å². The third-order valence-electron chi connectivity index (χ3n) is 2.11. The van der Waals surface area contributed by atoms with E-state index in [4.69, 9.17) is 16.3 Å². The molecule has 1 aromatic heterocycles. The molecule has 1 heterocycles. The zero-order valence-electron chi connectivity index (χ0n) is 8.85. The van der Waals surface area contributed by atoms with Crippen LogP contribution in [-0.4, -0.2) is 9.97 Å². The smallest absolute Gasteiger partial charge is 0.138 e. The highest BCUT2D eigenvalue weighted by Gasteiger charge is 2.02. The molecular formula is C12H11ClN2O. The molecular weight excluding hydrogens is 224 g/mol. The number of benzene rings is 1. The van der Waals surface area contributed by atoms with Crippen molar-refractivity contribution in [2.24, 2.45) is 0 Å². The van der Waals surface area contributed by atoms with Crippen LogP contribution in [0.1, 0.15) is 11.3 Å². The van der Waals surface area contributed by atoms with E-state index in [1.54, 1.807) is 6.20 Å². The molecule has 0 saturated carbocycles. The fourth-order valence-corrected chi connectivity index (χ4v) is 1.57. The summed E-state index contributed by atoms with van der Waals surface area (Å²) in [5.41, 5.74) is 1.94. The molecule has 16 heavy (non-hydrogen) atoms. The molecule has 3 nitrogen and oxygen atoms in total. The van der Waals surface area contributed by atoms with Crippen LogP contribution in [0.2, 0.25) is 5.02 Å². The van der Waals surface area contributed by atoms with Crippen molar-refractivity contribution < 1.29 is 4.74 Å². The van der Waals surface area contributed by atoms with Crippen LogP contribution in [0, 0.1) is 6.92 Å². The van der Waals surface area contributed by atoms with Crippen LogP contribution in [0.3, 0.4) is 0 Å². The topological polar surface area (TPSA) is 35.0 Å². The van der Waals surface area contributed by atoms with Crippen LogP contribution in [0.25, 0.3) is 0 Å². The largest absolute Gasteiger partial charge is 0.486 e. The molecule has 0 bridgehead atoms. The Morgan fingerprint density at radius 2 is 2.19 bits per heavy atom. The molecule has 0 aliphatic rings. The molecule has 0 radical (unpaired) electrons. The molecule has 0 spiro atoms. The summed E-state index contributed by atoms with van der Waals surface area (Å²) < 4.78 is 5.56. The SMILES string of the molecule is Cc1ccc(OCc2ccncn2)c(Cl)c1. The normalized spacial score (nSPS) is 10.1. The average molecular weight is 235 g/mol. The summed E-state index contributed by atoms with van der Waals surface area (Å²) in [6.07, 6.45) is 3.18. The van der Waals surface area contributed by atoms with Crippen molar-refractivity contribution in [2.45, 2.75) is 13.5 Å². The van der Waals surface area contributed by atoms with Gasteiger partial charge >= 0.3 is 0 Å². The van der Waals surface area contributed by atoms with Gasteiger partial charge < -0.3 is 4.74 Å². The van der Waals surface area contributed by atoms with Crippen molar-refractivity contribution in [1.29, 1.82) is 0 Å². The third kappa shape index (κ3) is 2.70. The van der Waals surface area contributed by atoms with Crippen LogP contribution < -0.4 is 4.74 Å².